The highest BCUT2D eigenvalue weighted by Crippen LogP contribution is 2.15. The van der Waals surface area contributed by atoms with E-state index in [4.69, 9.17) is 5.73 Å². The normalized spacial score (nSPS) is 11.5. The molecule has 0 saturated carbocycles. The summed E-state index contributed by atoms with van der Waals surface area (Å²) in [5.41, 5.74) is 6.64. The van der Waals surface area contributed by atoms with Crippen LogP contribution in [-0.2, 0) is 4.79 Å². The van der Waals surface area contributed by atoms with Crippen LogP contribution in [-0.4, -0.2) is 24.5 Å². The van der Waals surface area contributed by atoms with E-state index in [1.54, 1.807) is 31.2 Å². The predicted molar refractivity (Wildman–Crippen MR) is 71.4 cm³/mol. The summed E-state index contributed by atoms with van der Waals surface area (Å²) in [4.78, 5) is 22.7. The molecule has 0 aliphatic heterocycles. The number of carbonyl (C=O) groups is 2. The van der Waals surface area contributed by atoms with Gasteiger partial charge in [-0.2, -0.15) is 0 Å². The molecule has 0 saturated heterocycles. The highest BCUT2D eigenvalue weighted by Gasteiger charge is 2.08. The molecule has 1 aromatic carbocycles. The van der Waals surface area contributed by atoms with Crippen LogP contribution >= 0.6 is 0 Å². The first-order valence-electron chi connectivity index (χ1n) is 5.74. The predicted octanol–water partition coefficient (Wildman–Crippen LogP) is 1.11. The van der Waals surface area contributed by atoms with Crippen molar-refractivity contribution in [3.63, 3.8) is 0 Å². The molecular weight excluding hydrogens is 232 g/mol. The van der Waals surface area contributed by atoms with Gasteiger partial charge in [0.2, 0.25) is 5.91 Å². The number of carbonyl (C=O) groups excluding carboxylic acids is 2. The van der Waals surface area contributed by atoms with Gasteiger partial charge in [0.1, 0.15) is 0 Å². The summed E-state index contributed by atoms with van der Waals surface area (Å²) in [6.45, 7) is 3.98. The van der Waals surface area contributed by atoms with Gasteiger partial charge in [-0.05, 0) is 32.0 Å². The molecule has 1 aromatic rings. The number of amides is 3. The molecule has 0 aliphatic carbocycles. The van der Waals surface area contributed by atoms with Gasteiger partial charge in [-0.15, -0.1) is 0 Å². The number of rotatable bonds is 4. The zero-order chi connectivity index (χ0) is 13.5. The van der Waals surface area contributed by atoms with Crippen molar-refractivity contribution in [2.24, 2.45) is 5.73 Å². The molecule has 3 amide bonds. The van der Waals surface area contributed by atoms with Gasteiger partial charge in [0.15, 0.2) is 0 Å². The van der Waals surface area contributed by atoms with Crippen LogP contribution in [0.4, 0.5) is 16.2 Å². The number of nitrogens with one attached hydrogen (secondary N) is 3. The Morgan fingerprint density at radius 2 is 1.89 bits per heavy atom. The van der Waals surface area contributed by atoms with Crippen molar-refractivity contribution in [3.8, 4) is 0 Å². The van der Waals surface area contributed by atoms with Crippen molar-refractivity contribution in [2.45, 2.75) is 19.9 Å². The lowest BCUT2D eigenvalue weighted by molar-refractivity contribution is -0.117. The van der Waals surface area contributed by atoms with Crippen LogP contribution in [0.3, 0.4) is 0 Å². The lowest BCUT2D eigenvalue weighted by Gasteiger charge is -2.10. The van der Waals surface area contributed by atoms with E-state index in [1.807, 2.05) is 6.92 Å². The third-order valence-corrected chi connectivity index (χ3v) is 2.14. The fourth-order valence-electron chi connectivity index (χ4n) is 1.27. The molecule has 0 unspecified atom stereocenters. The second-order valence-corrected chi connectivity index (χ2v) is 3.84. The third-order valence-electron chi connectivity index (χ3n) is 2.14. The third kappa shape index (κ3) is 4.42. The quantitative estimate of drug-likeness (QED) is 0.644. The molecule has 98 valence electrons. The van der Waals surface area contributed by atoms with E-state index in [9.17, 15) is 9.59 Å². The van der Waals surface area contributed by atoms with E-state index >= 15 is 0 Å². The van der Waals surface area contributed by atoms with Crippen molar-refractivity contribution < 1.29 is 9.59 Å². The fraction of sp³-hybridized carbons (Fsp3) is 0.333. The Morgan fingerprint density at radius 1 is 1.28 bits per heavy atom. The van der Waals surface area contributed by atoms with E-state index in [-0.39, 0.29) is 11.9 Å². The van der Waals surface area contributed by atoms with Crippen LogP contribution in [0.25, 0.3) is 0 Å². The average molecular weight is 250 g/mol. The molecule has 0 aliphatic rings. The lowest BCUT2D eigenvalue weighted by atomic mass is 10.2. The molecule has 0 heterocycles. The van der Waals surface area contributed by atoms with Gasteiger partial charge in [0.05, 0.1) is 6.04 Å². The Labute approximate surface area is 106 Å². The van der Waals surface area contributed by atoms with Crippen molar-refractivity contribution in [3.05, 3.63) is 24.3 Å². The van der Waals surface area contributed by atoms with Gasteiger partial charge in [0, 0.05) is 17.9 Å². The number of nitrogens with two attached hydrogens (primary N) is 1. The zero-order valence-corrected chi connectivity index (χ0v) is 10.5. The minimum absolute atomic E-state index is 0.273. The molecule has 1 atom stereocenters. The van der Waals surface area contributed by atoms with Crippen LogP contribution in [0.5, 0.6) is 0 Å². The first kappa shape index (κ1) is 14.0. The average Bonchev–Trinajstić information content (AvgIpc) is 2.29. The minimum Gasteiger partial charge on any atom is -0.338 e. The second-order valence-electron chi connectivity index (χ2n) is 3.84. The van der Waals surface area contributed by atoms with Crippen LogP contribution in [0, 0.1) is 0 Å². The Morgan fingerprint density at radius 3 is 2.44 bits per heavy atom. The van der Waals surface area contributed by atoms with Crippen molar-refractivity contribution in [2.75, 3.05) is 17.2 Å². The first-order valence-corrected chi connectivity index (χ1v) is 5.74. The second kappa shape index (κ2) is 6.61. The summed E-state index contributed by atoms with van der Waals surface area (Å²) in [6.07, 6.45) is 0. The SMILES string of the molecule is CCNC(=O)Nc1cccc(NC(=O)[C@H](C)N)c1. The Balaban J connectivity index is 2.67. The van der Waals surface area contributed by atoms with Gasteiger partial charge in [-0.1, -0.05) is 6.07 Å². The minimum atomic E-state index is -0.579. The summed E-state index contributed by atoms with van der Waals surface area (Å²) in [5.74, 6) is -0.273. The van der Waals surface area contributed by atoms with E-state index in [1.165, 1.54) is 0 Å². The maximum Gasteiger partial charge on any atom is 0.319 e. The van der Waals surface area contributed by atoms with Gasteiger partial charge < -0.3 is 21.7 Å². The van der Waals surface area contributed by atoms with Crippen molar-refractivity contribution >= 4 is 23.3 Å². The zero-order valence-electron chi connectivity index (χ0n) is 10.5. The summed E-state index contributed by atoms with van der Waals surface area (Å²) in [6, 6.07) is 5.99. The topological polar surface area (TPSA) is 96.2 Å². The molecule has 0 bridgehead atoms. The van der Waals surface area contributed by atoms with Crippen LogP contribution < -0.4 is 21.7 Å². The van der Waals surface area contributed by atoms with Gasteiger partial charge in [-0.25, -0.2) is 4.79 Å². The molecule has 1 rings (SSSR count). The van der Waals surface area contributed by atoms with Crippen molar-refractivity contribution in [1.29, 1.82) is 0 Å². The van der Waals surface area contributed by atoms with Crippen LogP contribution in [0.2, 0.25) is 0 Å². The standard InChI is InChI=1S/C12H18N4O2/c1-3-14-12(18)16-10-6-4-5-9(7-10)15-11(17)8(2)13/h4-8H,3,13H2,1-2H3,(H,15,17)(H2,14,16,18)/t8-/m0/s1. The van der Waals surface area contributed by atoms with Gasteiger partial charge in [-0.3, -0.25) is 4.79 Å². The Bertz CT molecular complexity index is 432. The van der Waals surface area contributed by atoms with Gasteiger partial charge in [0.25, 0.3) is 0 Å². The molecule has 0 fully saturated rings. The monoisotopic (exact) mass is 250 g/mol. The molecular formula is C12H18N4O2. The largest absolute Gasteiger partial charge is 0.338 e. The van der Waals surface area contributed by atoms with Gasteiger partial charge >= 0.3 is 6.03 Å². The smallest absolute Gasteiger partial charge is 0.319 e. The number of hydrogen-bond donors (Lipinski definition) is 4. The number of benzene rings is 1. The number of urea groups is 1. The maximum atomic E-state index is 11.4. The Hall–Kier alpha value is -2.08. The number of anilines is 2. The molecule has 0 spiro atoms. The maximum absolute atomic E-state index is 11.4. The Kier molecular flexibility index (Phi) is 5.13. The van der Waals surface area contributed by atoms with E-state index < -0.39 is 6.04 Å². The number of hydrogen-bond acceptors (Lipinski definition) is 3. The van der Waals surface area contributed by atoms with Crippen LogP contribution in [0.15, 0.2) is 24.3 Å². The highest BCUT2D eigenvalue weighted by molar-refractivity contribution is 5.95. The van der Waals surface area contributed by atoms with E-state index in [2.05, 4.69) is 16.0 Å². The molecule has 18 heavy (non-hydrogen) atoms. The molecule has 6 heteroatoms. The fourth-order valence-corrected chi connectivity index (χ4v) is 1.27. The molecule has 0 radical (unpaired) electrons. The van der Waals surface area contributed by atoms with Crippen molar-refractivity contribution in [1.82, 2.24) is 5.32 Å². The van der Waals surface area contributed by atoms with E-state index in [0.717, 1.165) is 0 Å². The molecule has 0 aromatic heterocycles. The lowest BCUT2D eigenvalue weighted by Crippen LogP contribution is -2.32. The summed E-state index contributed by atoms with van der Waals surface area (Å²) in [5, 5.41) is 7.92. The summed E-state index contributed by atoms with van der Waals surface area (Å²) >= 11 is 0. The van der Waals surface area contributed by atoms with Crippen LogP contribution in [0.1, 0.15) is 13.8 Å². The summed E-state index contributed by atoms with van der Waals surface area (Å²) < 4.78 is 0. The summed E-state index contributed by atoms with van der Waals surface area (Å²) in [7, 11) is 0. The first-order chi connectivity index (χ1) is 8.52. The van der Waals surface area contributed by atoms with E-state index in [0.29, 0.717) is 17.9 Å². The highest BCUT2D eigenvalue weighted by atomic mass is 16.2. The molecule has 6 nitrogen and oxygen atoms in total. The molecule has 5 N–H and O–H groups in total.